The van der Waals surface area contributed by atoms with Gasteiger partial charge in [0.25, 0.3) is 0 Å². The maximum atomic E-state index is 12.3. The van der Waals surface area contributed by atoms with Crippen LogP contribution in [0, 0.1) is 17.2 Å². The second-order valence-electron chi connectivity index (χ2n) is 5.63. The van der Waals surface area contributed by atoms with Crippen LogP contribution in [-0.2, 0) is 15.8 Å². The van der Waals surface area contributed by atoms with Crippen molar-refractivity contribution >= 4 is 10.0 Å². The van der Waals surface area contributed by atoms with Gasteiger partial charge in [0.1, 0.15) is 0 Å². The lowest BCUT2D eigenvalue weighted by Crippen LogP contribution is -2.40. The Kier molecular flexibility index (Phi) is 4.99. The van der Waals surface area contributed by atoms with Crippen molar-refractivity contribution in [3.63, 3.8) is 0 Å². The van der Waals surface area contributed by atoms with Crippen LogP contribution in [0.15, 0.2) is 24.3 Å². The number of nitrogens with zero attached hydrogens (tertiary/aromatic N) is 2. The van der Waals surface area contributed by atoms with Gasteiger partial charge < -0.3 is 4.90 Å². The number of sulfonamides is 1. The largest absolute Gasteiger partial charge is 0.302 e. The van der Waals surface area contributed by atoms with Gasteiger partial charge in [-0.1, -0.05) is 26.0 Å². The molecule has 0 amide bonds. The van der Waals surface area contributed by atoms with Crippen molar-refractivity contribution in [1.82, 2.24) is 9.62 Å². The van der Waals surface area contributed by atoms with E-state index in [1.165, 1.54) is 0 Å². The third-order valence-corrected chi connectivity index (χ3v) is 5.25. The predicted molar refractivity (Wildman–Crippen MR) is 82.0 cm³/mol. The van der Waals surface area contributed by atoms with Crippen molar-refractivity contribution in [2.24, 2.45) is 5.92 Å². The van der Waals surface area contributed by atoms with Crippen molar-refractivity contribution in [2.45, 2.75) is 25.6 Å². The SMILES string of the molecule is CCN1CC(C)C(NS(=O)(=O)Cc2cccc(C#N)c2)C1. The number of hydrogen-bond donors (Lipinski definition) is 1. The van der Waals surface area contributed by atoms with Gasteiger partial charge in [0.2, 0.25) is 10.0 Å². The molecule has 0 saturated carbocycles. The molecule has 2 atom stereocenters. The summed E-state index contributed by atoms with van der Waals surface area (Å²) in [5.41, 5.74) is 1.12. The monoisotopic (exact) mass is 307 g/mol. The summed E-state index contributed by atoms with van der Waals surface area (Å²) in [4.78, 5) is 2.24. The van der Waals surface area contributed by atoms with Crippen molar-refractivity contribution in [2.75, 3.05) is 19.6 Å². The fourth-order valence-corrected chi connectivity index (χ4v) is 4.17. The number of benzene rings is 1. The number of rotatable bonds is 5. The highest BCUT2D eigenvalue weighted by atomic mass is 32.2. The molecule has 1 aliphatic rings. The van der Waals surface area contributed by atoms with Gasteiger partial charge in [-0.25, -0.2) is 13.1 Å². The summed E-state index contributed by atoms with van der Waals surface area (Å²) in [7, 11) is -3.39. The standard InChI is InChI=1S/C15H21N3O2S/c1-3-18-9-12(2)15(10-18)17-21(19,20)11-14-6-4-5-13(7-14)8-16/h4-7,12,15,17H,3,9-11H2,1-2H3. The highest BCUT2D eigenvalue weighted by Crippen LogP contribution is 2.17. The molecule has 1 N–H and O–H groups in total. The topological polar surface area (TPSA) is 73.2 Å². The summed E-state index contributed by atoms with van der Waals surface area (Å²) < 4.78 is 27.4. The molecule has 0 spiro atoms. The van der Waals surface area contributed by atoms with Gasteiger partial charge in [-0.2, -0.15) is 5.26 Å². The quantitative estimate of drug-likeness (QED) is 0.890. The van der Waals surface area contributed by atoms with Gasteiger partial charge >= 0.3 is 0 Å². The van der Waals surface area contributed by atoms with Crippen LogP contribution in [0.2, 0.25) is 0 Å². The molecule has 0 aliphatic carbocycles. The Hall–Kier alpha value is -1.42. The van der Waals surface area contributed by atoms with Crippen LogP contribution in [0.25, 0.3) is 0 Å². The second kappa shape index (κ2) is 6.56. The molecule has 5 nitrogen and oxygen atoms in total. The first kappa shape index (κ1) is 16.0. The van der Waals surface area contributed by atoms with Crippen molar-refractivity contribution in [3.8, 4) is 6.07 Å². The van der Waals surface area contributed by atoms with Crippen molar-refractivity contribution in [3.05, 3.63) is 35.4 Å². The van der Waals surface area contributed by atoms with Crippen LogP contribution < -0.4 is 4.72 Å². The van der Waals surface area contributed by atoms with Gasteiger partial charge in [0.05, 0.1) is 17.4 Å². The summed E-state index contributed by atoms with van der Waals surface area (Å²) >= 11 is 0. The summed E-state index contributed by atoms with van der Waals surface area (Å²) in [5.74, 6) is 0.225. The van der Waals surface area contributed by atoms with E-state index >= 15 is 0 Å². The van der Waals surface area contributed by atoms with Crippen molar-refractivity contribution < 1.29 is 8.42 Å². The van der Waals surface area contributed by atoms with E-state index in [0.29, 0.717) is 17.0 Å². The average Bonchev–Trinajstić information content (AvgIpc) is 2.78. The molecule has 1 aromatic carbocycles. The summed E-state index contributed by atoms with van der Waals surface area (Å²) in [6, 6.07) is 8.72. The molecule has 21 heavy (non-hydrogen) atoms. The Labute approximate surface area is 126 Å². The molecular formula is C15H21N3O2S. The summed E-state index contributed by atoms with van der Waals surface area (Å²) in [5, 5.41) is 8.86. The normalized spacial score (nSPS) is 23.1. The predicted octanol–water partition coefficient (Wildman–Crippen LogP) is 1.32. The zero-order valence-corrected chi connectivity index (χ0v) is 13.2. The average molecular weight is 307 g/mol. The Morgan fingerprint density at radius 3 is 2.81 bits per heavy atom. The number of likely N-dealkylation sites (tertiary alicyclic amines) is 1. The Bertz CT molecular complexity index is 637. The lowest BCUT2D eigenvalue weighted by Gasteiger charge is -2.17. The summed E-state index contributed by atoms with van der Waals surface area (Å²) in [6.45, 7) is 6.77. The fourth-order valence-electron chi connectivity index (χ4n) is 2.70. The molecule has 2 rings (SSSR count). The number of nitrogens with one attached hydrogen (secondary N) is 1. The lowest BCUT2D eigenvalue weighted by atomic mass is 10.1. The van der Waals surface area contributed by atoms with E-state index in [1.807, 2.05) is 6.07 Å². The maximum absolute atomic E-state index is 12.3. The lowest BCUT2D eigenvalue weighted by molar-refractivity contribution is 0.344. The molecule has 2 unspecified atom stereocenters. The molecule has 114 valence electrons. The fraction of sp³-hybridized carbons (Fsp3) is 0.533. The van der Waals surface area contributed by atoms with Crippen LogP contribution in [-0.4, -0.2) is 39.0 Å². The Morgan fingerprint density at radius 1 is 1.43 bits per heavy atom. The minimum absolute atomic E-state index is 0.0332. The molecule has 0 radical (unpaired) electrons. The third kappa shape index (κ3) is 4.27. The van der Waals surface area contributed by atoms with E-state index in [1.54, 1.807) is 24.3 Å². The van der Waals surface area contributed by atoms with E-state index in [2.05, 4.69) is 23.5 Å². The number of hydrogen-bond acceptors (Lipinski definition) is 4. The molecule has 1 fully saturated rings. The molecule has 0 bridgehead atoms. The number of likely N-dealkylation sites (N-methyl/N-ethyl adjacent to an activating group) is 1. The minimum atomic E-state index is -3.39. The van der Waals surface area contributed by atoms with E-state index in [-0.39, 0.29) is 11.8 Å². The number of nitriles is 1. The highest BCUT2D eigenvalue weighted by molar-refractivity contribution is 7.88. The van der Waals surface area contributed by atoms with E-state index < -0.39 is 10.0 Å². The van der Waals surface area contributed by atoms with Crippen LogP contribution in [0.4, 0.5) is 0 Å². The van der Waals surface area contributed by atoms with E-state index in [0.717, 1.165) is 19.6 Å². The van der Waals surface area contributed by atoms with Gasteiger partial charge in [-0.15, -0.1) is 0 Å². The first-order valence-electron chi connectivity index (χ1n) is 7.15. The maximum Gasteiger partial charge on any atom is 0.216 e. The zero-order valence-electron chi connectivity index (χ0n) is 12.4. The highest BCUT2D eigenvalue weighted by Gasteiger charge is 2.31. The molecule has 1 saturated heterocycles. The van der Waals surface area contributed by atoms with Crippen LogP contribution >= 0.6 is 0 Å². The van der Waals surface area contributed by atoms with Crippen LogP contribution in [0.1, 0.15) is 25.0 Å². The van der Waals surface area contributed by atoms with Gasteiger partial charge in [-0.05, 0) is 30.2 Å². The molecule has 1 heterocycles. The molecular weight excluding hydrogens is 286 g/mol. The first-order valence-corrected chi connectivity index (χ1v) is 8.80. The van der Waals surface area contributed by atoms with E-state index in [9.17, 15) is 8.42 Å². The molecule has 0 aromatic heterocycles. The molecule has 6 heteroatoms. The van der Waals surface area contributed by atoms with E-state index in [4.69, 9.17) is 5.26 Å². The minimum Gasteiger partial charge on any atom is -0.302 e. The van der Waals surface area contributed by atoms with Crippen LogP contribution in [0.5, 0.6) is 0 Å². The second-order valence-corrected chi connectivity index (χ2v) is 7.38. The van der Waals surface area contributed by atoms with Gasteiger partial charge in [0, 0.05) is 19.1 Å². The smallest absolute Gasteiger partial charge is 0.216 e. The van der Waals surface area contributed by atoms with Crippen molar-refractivity contribution in [1.29, 1.82) is 5.26 Å². The van der Waals surface area contributed by atoms with Gasteiger partial charge in [0.15, 0.2) is 0 Å². The van der Waals surface area contributed by atoms with Crippen LogP contribution in [0.3, 0.4) is 0 Å². The summed E-state index contributed by atoms with van der Waals surface area (Å²) in [6.07, 6.45) is 0. The third-order valence-electron chi connectivity index (χ3n) is 3.88. The Balaban J connectivity index is 2.04. The zero-order chi connectivity index (χ0) is 15.5. The first-order chi connectivity index (χ1) is 9.93. The molecule has 1 aromatic rings. The molecule has 1 aliphatic heterocycles. The Morgan fingerprint density at radius 2 is 2.19 bits per heavy atom. The van der Waals surface area contributed by atoms with Gasteiger partial charge in [-0.3, -0.25) is 0 Å².